The summed E-state index contributed by atoms with van der Waals surface area (Å²) in [6, 6.07) is 3.33. The van der Waals surface area contributed by atoms with E-state index in [1.54, 1.807) is 12.1 Å². The number of nitrogens with zero attached hydrogens (tertiary/aromatic N) is 2. The van der Waals surface area contributed by atoms with Gasteiger partial charge in [-0.2, -0.15) is 10.5 Å². The van der Waals surface area contributed by atoms with Gasteiger partial charge < -0.3 is 0 Å². The summed E-state index contributed by atoms with van der Waals surface area (Å²) in [5.74, 6) is 0. The second-order valence-corrected chi connectivity index (χ2v) is 3.36. The van der Waals surface area contributed by atoms with E-state index in [1.807, 2.05) is 0 Å². The molecule has 0 atom stereocenters. The number of hydrogen-bond acceptors (Lipinski definition) is 4. The predicted molar refractivity (Wildman–Crippen MR) is 49.7 cm³/mol. The van der Waals surface area contributed by atoms with Crippen LogP contribution in [0, 0.1) is 22.7 Å². The largest absolute Gasteiger partial charge is 0.220 e. The maximum Gasteiger partial charge on any atom is 0.191 e. The second-order valence-electron chi connectivity index (χ2n) is 1.51. The summed E-state index contributed by atoms with van der Waals surface area (Å²) in [7, 11) is -3.13. The highest BCUT2D eigenvalue weighted by molar-refractivity contribution is 7.97. The molecule has 13 heavy (non-hydrogen) atoms. The highest BCUT2D eigenvalue weighted by Gasteiger charge is 1.90. The molecular weight excluding hydrogens is 188 g/mol. The van der Waals surface area contributed by atoms with Crippen molar-refractivity contribution in [1.82, 2.24) is 0 Å². The van der Waals surface area contributed by atoms with Gasteiger partial charge in [-0.15, -0.1) is 0 Å². The Morgan fingerprint density at radius 1 is 1.00 bits per heavy atom. The number of nitriles is 2. The van der Waals surface area contributed by atoms with Crippen molar-refractivity contribution >= 4 is 9.84 Å². The molecule has 0 bridgehead atoms. The lowest BCUT2D eigenvalue weighted by molar-refractivity contribution is 0.613. The van der Waals surface area contributed by atoms with Crippen LogP contribution in [0.25, 0.3) is 0 Å². The minimum Gasteiger partial charge on any atom is -0.220 e. The van der Waals surface area contributed by atoms with Gasteiger partial charge >= 0.3 is 0 Å². The first-order chi connectivity index (χ1) is 6.04. The standard InChI is InChI=1S/C4H2N2.C4H6O2S/c5-3-1-2-4-6;1-3-7(5,6)4-2/h1-2H;3-4H,1-2H2/b2-1-;. The molecule has 0 saturated heterocycles. The van der Waals surface area contributed by atoms with E-state index in [0.29, 0.717) is 0 Å². The molecule has 0 unspecified atom stereocenters. The predicted octanol–water partition coefficient (Wildman–Crippen LogP) is 1.28. The van der Waals surface area contributed by atoms with Crippen LogP contribution in [0.3, 0.4) is 0 Å². The molecule has 0 radical (unpaired) electrons. The fraction of sp³-hybridized carbons (Fsp3) is 0. The van der Waals surface area contributed by atoms with Crippen LogP contribution in [0.15, 0.2) is 36.1 Å². The van der Waals surface area contributed by atoms with Gasteiger partial charge in [0.15, 0.2) is 9.84 Å². The summed E-state index contributed by atoms with van der Waals surface area (Å²) in [4.78, 5) is 0. The van der Waals surface area contributed by atoms with Crippen LogP contribution >= 0.6 is 0 Å². The van der Waals surface area contributed by atoms with Crippen molar-refractivity contribution in [3.8, 4) is 12.1 Å². The van der Waals surface area contributed by atoms with Gasteiger partial charge in [-0.05, 0) is 0 Å². The Balaban J connectivity index is 0. The van der Waals surface area contributed by atoms with Crippen LogP contribution in [-0.2, 0) is 9.84 Å². The van der Waals surface area contributed by atoms with Crippen molar-refractivity contribution in [3.63, 3.8) is 0 Å². The topological polar surface area (TPSA) is 81.7 Å². The van der Waals surface area contributed by atoms with Crippen molar-refractivity contribution in [2.45, 2.75) is 0 Å². The van der Waals surface area contributed by atoms with Gasteiger partial charge in [0.25, 0.3) is 0 Å². The first-order valence-electron chi connectivity index (χ1n) is 2.98. The third-order valence-electron chi connectivity index (χ3n) is 0.697. The lowest BCUT2D eigenvalue weighted by Gasteiger charge is -1.78. The number of allylic oxidation sites excluding steroid dienone is 2. The molecule has 5 heteroatoms. The van der Waals surface area contributed by atoms with E-state index in [2.05, 4.69) is 13.2 Å². The summed E-state index contributed by atoms with van der Waals surface area (Å²) in [6.07, 6.45) is 2.25. The van der Waals surface area contributed by atoms with E-state index in [9.17, 15) is 8.42 Å². The zero-order chi connectivity index (χ0) is 10.7. The molecule has 0 amide bonds. The van der Waals surface area contributed by atoms with Crippen LogP contribution in [0.4, 0.5) is 0 Å². The first-order valence-corrected chi connectivity index (χ1v) is 4.59. The third-order valence-corrected chi connectivity index (χ3v) is 1.63. The molecule has 0 aliphatic rings. The zero-order valence-corrected chi connectivity index (χ0v) is 7.66. The van der Waals surface area contributed by atoms with Crippen LogP contribution in [0.1, 0.15) is 0 Å². The average molecular weight is 196 g/mol. The molecule has 0 aliphatic carbocycles. The highest BCUT2D eigenvalue weighted by Crippen LogP contribution is 1.87. The summed E-state index contributed by atoms with van der Waals surface area (Å²) in [6.45, 7) is 6.09. The van der Waals surface area contributed by atoms with Gasteiger partial charge in [0.2, 0.25) is 0 Å². The molecule has 0 aromatic heterocycles. The van der Waals surface area contributed by atoms with Gasteiger partial charge in [0.1, 0.15) is 0 Å². The lowest BCUT2D eigenvalue weighted by Crippen LogP contribution is -1.83. The van der Waals surface area contributed by atoms with E-state index in [1.165, 1.54) is 0 Å². The molecule has 0 spiro atoms. The van der Waals surface area contributed by atoms with Crippen LogP contribution in [0.5, 0.6) is 0 Å². The Kier molecular flexibility index (Phi) is 8.71. The van der Waals surface area contributed by atoms with E-state index in [4.69, 9.17) is 10.5 Å². The molecule has 0 aromatic carbocycles. The molecule has 0 saturated carbocycles. The quantitative estimate of drug-likeness (QED) is 0.623. The summed E-state index contributed by atoms with van der Waals surface area (Å²) >= 11 is 0. The maximum absolute atomic E-state index is 10.1. The van der Waals surface area contributed by atoms with Gasteiger partial charge in [0.05, 0.1) is 12.1 Å². The summed E-state index contributed by atoms with van der Waals surface area (Å²) < 4.78 is 20.3. The Morgan fingerprint density at radius 3 is 1.38 bits per heavy atom. The van der Waals surface area contributed by atoms with E-state index >= 15 is 0 Å². The molecule has 0 rings (SSSR count). The van der Waals surface area contributed by atoms with Gasteiger partial charge in [0, 0.05) is 23.0 Å². The molecule has 0 aromatic rings. The average Bonchev–Trinajstić information content (AvgIpc) is 2.16. The van der Waals surface area contributed by atoms with Crippen LogP contribution < -0.4 is 0 Å². The second kappa shape index (κ2) is 8.25. The number of hydrogen-bond donors (Lipinski definition) is 0. The molecule has 0 fully saturated rings. The Morgan fingerprint density at radius 2 is 1.31 bits per heavy atom. The molecule has 4 nitrogen and oxygen atoms in total. The molecule has 0 aliphatic heterocycles. The van der Waals surface area contributed by atoms with Crippen molar-refractivity contribution < 1.29 is 8.42 Å². The third kappa shape index (κ3) is 13.2. The normalized spacial score (nSPS) is 8.77. The molecule has 68 valence electrons. The molecular formula is C8H8N2O2S. The van der Waals surface area contributed by atoms with Crippen molar-refractivity contribution in [3.05, 3.63) is 36.1 Å². The van der Waals surface area contributed by atoms with Gasteiger partial charge in [-0.1, -0.05) is 13.2 Å². The highest BCUT2D eigenvalue weighted by atomic mass is 32.2. The van der Waals surface area contributed by atoms with E-state index < -0.39 is 9.84 Å². The summed E-state index contributed by atoms with van der Waals surface area (Å²) in [5, 5.41) is 17.1. The Hall–Kier alpha value is -1.85. The van der Waals surface area contributed by atoms with E-state index in [0.717, 1.165) is 23.0 Å². The zero-order valence-electron chi connectivity index (χ0n) is 6.84. The fourth-order valence-electron chi connectivity index (χ4n) is 0.143. The maximum atomic E-state index is 10.1. The van der Waals surface area contributed by atoms with Gasteiger partial charge in [-0.25, -0.2) is 8.42 Å². The van der Waals surface area contributed by atoms with Crippen molar-refractivity contribution in [2.24, 2.45) is 0 Å². The summed E-state index contributed by atoms with van der Waals surface area (Å²) in [5.41, 5.74) is 0. The monoisotopic (exact) mass is 196 g/mol. The Bertz CT molecular complexity index is 336. The number of rotatable bonds is 2. The van der Waals surface area contributed by atoms with Crippen LogP contribution in [0.2, 0.25) is 0 Å². The first kappa shape index (κ1) is 13.7. The lowest BCUT2D eigenvalue weighted by atomic mass is 10.6. The SMILES string of the molecule is C=CS(=O)(=O)C=C.N#C/C=C\C#N. The van der Waals surface area contributed by atoms with Crippen LogP contribution in [-0.4, -0.2) is 8.42 Å². The smallest absolute Gasteiger partial charge is 0.191 e. The number of sulfone groups is 1. The Labute approximate surface area is 77.6 Å². The van der Waals surface area contributed by atoms with Gasteiger partial charge in [-0.3, -0.25) is 0 Å². The van der Waals surface area contributed by atoms with Crippen molar-refractivity contribution in [2.75, 3.05) is 0 Å². The minimum atomic E-state index is -3.13. The molecule has 0 N–H and O–H groups in total. The van der Waals surface area contributed by atoms with E-state index in [-0.39, 0.29) is 0 Å². The van der Waals surface area contributed by atoms with Crippen molar-refractivity contribution in [1.29, 1.82) is 10.5 Å². The minimum absolute atomic E-state index is 0.847. The molecule has 0 heterocycles. The fourth-order valence-corrected chi connectivity index (χ4v) is 0.279.